The molecule has 0 spiro atoms. The van der Waals surface area contributed by atoms with Crippen molar-refractivity contribution in [1.82, 2.24) is 0 Å². The number of benzene rings is 4. The zero-order valence-electron chi connectivity index (χ0n) is 42.0. The number of ether oxygens (including phenoxy) is 4. The van der Waals surface area contributed by atoms with Gasteiger partial charge in [0.25, 0.3) is 0 Å². The molecule has 0 aliphatic carbocycles. The Balaban J connectivity index is 0. The Kier molecular flexibility index (Phi) is 39.8. The normalized spacial score (nSPS) is 10.3. The molecule has 0 saturated heterocycles. The molecule has 0 heterocycles. The minimum Gasteiger partial charge on any atom is -0.494 e. The predicted octanol–water partition coefficient (Wildman–Crippen LogP) is 12.6. The van der Waals surface area contributed by atoms with Crippen LogP contribution in [0.2, 0.25) is 0 Å². The highest BCUT2D eigenvalue weighted by Gasteiger charge is 2.38. The van der Waals surface area contributed by atoms with E-state index in [9.17, 15) is 13.2 Å². The van der Waals surface area contributed by atoms with Crippen molar-refractivity contribution in [1.29, 1.82) is 21.6 Å². The third-order valence-corrected chi connectivity index (χ3v) is 10.7. The van der Waals surface area contributed by atoms with Crippen molar-refractivity contribution in [2.75, 3.05) is 26.4 Å². The number of rotatable bonds is 34. The zero-order chi connectivity index (χ0) is 52.1. The summed E-state index contributed by atoms with van der Waals surface area (Å²) in [5.41, 5.74) is 26.6. The van der Waals surface area contributed by atoms with Crippen molar-refractivity contribution in [2.45, 2.75) is 142 Å². The molecule has 4 rings (SSSR count). The number of nitrogens with two attached hydrogens (primary N) is 4. The molecule has 0 aliphatic rings. The van der Waals surface area contributed by atoms with Gasteiger partial charge in [0.05, 0.1) is 49.8 Å². The number of carboxylic acids is 1. The largest absolute Gasteiger partial charge is 0.494 e. The van der Waals surface area contributed by atoms with Crippen LogP contribution in [0, 0.1) is 21.6 Å². The van der Waals surface area contributed by atoms with Gasteiger partial charge in [-0.05, 0) is 154 Å². The average Bonchev–Trinajstić information content (AvgIpc) is 3.32. The minimum absolute atomic E-state index is 0. The van der Waals surface area contributed by atoms with Gasteiger partial charge in [0.2, 0.25) is 0 Å². The molecule has 0 radical (unpaired) electrons. The van der Waals surface area contributed by atoms with Crippen LogP contribution in [0.3, 0.4) is 0 Å². The van der Waals surface area contributed by atoms with E-state index in [0.717, 1.165) is 133 Å². The predicted molar refractivity (Wildman–Crippen MR) is 299 cm³/mol. The van der Waals surface area contributed by atoms with Gasteiger partial charge in [-0.2, -0.15) is 13.2 Å². The van der Waals surface area contributed by atoms with Gasteiger partial charge in [-0.15, -0.1) is 24.8 Å². The summed E-state index contributed by atoms with van der Waals surface area (Å²) in [6.45, 7) is 2.91. The Morgan fingerprint density at radius 3 is 0.743 bits per heavy atom. The average molecular weight is 1080 g/mol. The number of nitrogens with one attached hydrogen (secondary N) is 4. The highest BCUT2D eigenvalue weighted by atomic mass is 35.5. The fourth-order valence-corrected chi connectivity index (χ4v) is 6.82. The summed E-state index contributed by atoms with van der Waals surface area (Å²) in [6, 6.07) is 32.9. The summed E-state index contributed by atoms with van der Waals surface area (Å²) >= 11 is 0. The van der Waals surface area contributed by atoms with Gasteiger partial charge in [0, 0.05) is 25.7 Å². The van der Waals surface area contributed by atoms with Crippen LogP contribution >= 0.6 is 24.8 Å². The van der Waals surface area contributed by atoms with E-state index in [-0.39, 0.29) is 55.6 Å². The summed E-state index contributed by atoms with van der Waals surface area (Å²) in [4.78, 5) is 8.90. The molecule has 0 amide bonds. The summed E-state index contributed by atoms with van der Waals surface area (Å²) in [7, 11) is 0. The SMILES string of the molecule is C.Cl.Cl.N=C(N)CCCc1ccc(OCCCCCCCOc2ccc(CCCC(=N)N)cc2)cc1.N=C(N)CCCc1ccc(OCCCCCOc2ccc(CCCC(=N)N)cc2)cc1.O=C(O)C(F)(F)F. The second-order valence-electron chi connectivity index (χ2n) is 17.1. The molecule has 0 fully saturated rings. The van der Waals surface area contributed by atoms with Crippen LogP contribution in [0.1, 0.15) is 132 Å². The summed E-state index contributed by atoms with van der Waals surface area (Å²) in [5, 5.41) is 36.2. The van der Waals surface area contributed by atoms with Crippen molar-refractivity contribution in [3.8, 4) is 23.0 Å². The van der Waals surface area contributed by atoms with Gasteiger partial charge in [0.15, 0.2) is 0 Å². The monoisotopic (exact) mass is 1080 g/mol. The smallest absolute Gasteiger partial charge is 0.490 e. The Labute approximate surface area is 449 Å². The van der Waals surface area contributed by atoms with E-state index in [0.29, 0.717) is 38.9 Å². The Morgan fingerprint density at radius 2 is 0.568 bits per heavy atom. The number of aryl methyl sites for hydroxylation is 4. The molecule has 14 nitrogen and oxygen atoms in total. The van der Waals surface area contributed by atoms with Gasteiger partial charge in [-0.3, -0.25) is 21.6 Å². The fraction of sp³-hybridized carbons (Fsp3) is 0.473. The molecule has 4 aromatic rings. The van der Waals surface area contributed by atoms with Crippen LogP contribution in [0.25, 0.3) is 0 Å². The van der Waals surface area contributed by atoms with Crippen molar-refractivity contribution in [3.05, 3.63) is 119 Å². The molecule has 0 unspecified atom stereocenters. The van der Waals surface area contributed by atoms with Crippen LogP contribution in [0.15, 0.2) is 97.1 Å². The maximum Gasteiger partial charge on any atom is 0.490 e. The van der Waals surface area contributed by atoms with Crippen molar-refractivity contribution in [2.24, 2.45) is 22.9 Å². The third-order valence-electron chi connectivity index (χ3n) is 10.7. The lowest BCUT2D eigenvalue weighted by molar-refractivity contribution is -0.192. The highest BCUT2D eigenvalue weighted by molar-refractivity contribution is 5.85. The number of halogens is 5. The summed E-state index contributed by atoms with van der Waals surface area (Å²) in [5.74, 6) is 1.89. The third kappa shape index (κ3) is 37.5. The molecule has 19 heteroatoms. The quantitative estimate of drug-likeness (QED) is 0.0121. The first-order chi connectivity index (χ1) is 34.0. The van der Waals surface area contributed by atoms with E-state index < -0.39 is 12.1 Å². The lowest BCUT2D eigenvalue weighted by atomic mass is 10.1. The topological polar surface area (TPSA) is 274 Å². The van der Waals surface area contributed by atoms with E-state index in [1.807, 2.05) is 48.5 Å². The molecular weight excluding hydrogens is 997 g/mol. The van der Waals surface area contributed by atoms with Crippen molar-refractivity contribution >= 4 is 54.1 Å². The second-order valence-corrected chi connectivity index (χ2v) is 17.1. The standard InChI is InChI=1S/C27H40N4O2.C25H36N4O2.C2HF3O2.CH4.2ClH/c28-26(29)10-6-8-22-12-16-24(17-13-22)32-20-4-2-1-3-5-21-33-25-18-14-23(15-19-25)9-7-11-27(30)31;26-24(27)8-4-6-20-10-14-22(15-11-20)30-18-2-1-3-19-31-23-16-12-21(13-17-23)7-5-9-25(28)29;3-2(4,5)1(6)7;;;/h12-19H,1-11,20-21H2,(H3,28,29)(H3,30,31);10-17H,1-9,18-19H2,(H3,26,27)(H3,28,29);(H,6,7);1H4;2*1H. The number of carbonyl (C=O) groups is 1. The van der Waals surface area contributed by atoms with Gasteiger partial charge in [-0.1, -0.05) is 75.2 Å². The number of hydrogen-bond donors (Lipinski definition) is 9. The second kappa shape index (κ2) is 42.2. The van der Waals surface area contributed by atoms with E-state index in [2.05, 4.69) is 48.5 Å². The molecule has 0 aliphatic heterocycles. The maximum atomic E-state index is 10.6. The van der Waals surface area contributed by atoms with Crippen LogP contribution < -0.4 is 41.9 Å². The van der Waals surface area contributed by atoms with Crippen LogP contribution in [0.4, 0.5) is 13.2 Å². The number of hydrogen-bond acceptors (Lipinski definition) is 9. The van der Waals surface area contributed by atoms with Gasteiger partial charge in [0.1, 0.15) is 23.0 Å². The summed E-state index contributed by atoms with van der Waals surface area (Å²) < 4.78 is 55.0. The van der Waals surface area contributed by atoms with Crippen LogP contribution in [-0.2, 0) is 30.5 Å². The number of amidine groups is 4. The lowest BCUT2D eigenvalue weighted by Crippen LogP contribution is -2.21. The molecule has 13 N–H and O–H groups in total. The van der Waals surface area contributed by atoms with E-state index in [1.165, 1.54) is 28.7 Å². The molecule has 74 heavy (non-hydrogen) atoms. The Hall–Kier alpha value is -6.20. The molecule has 414 valence electrons. The molecule has 0 aromatic heterocycles. The van der Waals surface area contributed by atoms with Gasteiger partial charge in [-0.25, -0.2) is 4.79 Å². The number of alkyl halides is 3. The molecule has 0 atom stereocenters. The Morgan fingerprint density at radius 1 is 0.392 bits per heavy atom. The van der Waals surface area contributed by atoms with E-state index in [4.69, 9.17) is 73.4 Å². The number of aliphatic carboxylic acids is 1. The highest BCUT2D eigenvalue weighted by Crippen LogP contribution is 2.19. The van der Waals surface area contributed by atoms with Gasteiger partial charge >= 0.3 is 12.1 Å². The summed E-state index contributed by atoms with van der Waals surface area (Å²) in [6.07, 6.45) is 13.6. The van der Waals surface area contributed by atoms with Crippen LogP contribution in [0.5, 0.6) is 23.0 Å². The van der Waals surface area contributed by atoms with Gasteiger partial charge < -0.3 is 47.0 Å². The number of unbranched alkanes of at least 4 members (excludes halogenated alkanes) is 6. The van der Waals surface area contributed by atoms with Crippen molar-refractivity contribution < 1.29 is 42.0 Å². The fourth-order valence-electron chi connectivity index (χ4n) is 6.82. The minimum atomic E-state index is -5.08. The van der Waals surface area contributed by atoms with Crippen molar-refractivity contribution in [3.63, 3.8) is 0 Å². The first-order valence-electron chi connectivity index (χ1n) is 24.5. The Bertz CT molecular complexity index is 1980. The maximum absolute atomic E-state index is 10.6. The van der Waals surface area contributed by atoms with E-state index >= 15 is 0 Å². The first-order valence-corrected chi connectivity index (χ1v) is 24.5. The zero-order valence-corrected chi connectivity index (χ0v) is 43.6. The molecule has 0 saturated carbocycles. The lowest BCUT2D eigenvalue weighted by Gasteiger charge is -2.09. The molecule has 0 bridgehead atoms. The van der Waals surface area contributed by atoms with E-state index in [1.54, 1.807) is 0 Å². The number of carboxylic acid groups (broad SMARTS) is 1. The molecule has 4 aromatic carbocycles. The van der Waals surface area contributed by atoms with Crippen LogP contribution in [-0.4, -0.2) is 67.0 Å². The molecular formula is C55H83Cl2F3N8O6. The first kappa shape index (κ1) is 69.9.